The van der Waals surface area contributed by atoms with Crippen LogP contribution in [0.2, 0.25) is 10.0 Å². The van der Waals surface area contributed by atoms with Crippen molar-refractivity contribution in [3.8, 4) is 5.75 Å². The molecule has 0 heterocycles. The summed E-state index contributed by atoms with van der Waals surface area (Å²) in [5.41, 5.74) is 1.21. The van der Waals surface area contributed by atoms with E-state index in [2.05, 4.69) is 10.1 Å². The molecule has 9 heteroatoms. The lowest BCUT2D eigenvalue weighted by Crippen LogP contribution is -2.22. The molecule has 0 bridgehead atoms. The van der Waals surface area contributed by atoms with E-state index < -0.39 is 11.9 Å². The fourth-order valence-electron chi connectivity index (χ4n) is 3.10. The Morgan fingerprint density at radius 2 is 1.73 bits per heavy atom. The molecule has 6 nitrogen and oxygen atoms in total. The molecule has 0 fully saturated rings. The number of aliphatic hydroxyl groups excluding tert-OH is 1. The molecule has 0 unspecified atom stereocenters. The van der Waals surface area contributed by atoms with Gasteiger partial charge in [-0.1, -0.05) is 48.2 Å². The largest absolute Gasteiger partial charge is 0.426 e. The number of carbonyl (C=O) groups is 1. The summed E-state index contributed by atoms with van der Waals surface area (Å²) < 4.78 is 29.4. The molecule has 0 radical (unpaired) electrons. The minimum absolute atomic E-state index is 0.160. The van der Waals surface area contributed by atoms with Crippen LogP contribution in [0.4, 0.5) is 4.39 Å². The molecule has 0 aliphatic heterocycles. The zero-order valence-corrected chi connectivity index (χ0v) is 19.9. The summed E-state index contributed by atoms with van der Waals surface area (Å²) in [7, 11) is 0. The number of benzene rings is 2. The number of unbranched alkanes of at least 4 members (excludes halogenated alkanes) is 3. The van der Waals surface area contributed by atoms with Crippen molar-refractivity contribution < 1.29 is 28.5 Å². The standard InChI is InChI=1S/C24H30Cl2FNO5/c25-20-6-5-7-21(26)19(20)16-32-13-12-31-11-4-2-1-3-10-28-15-23(30)18-8-9-24(33-17-29)22(27)14-18/h5-9,14,17,23,28,30H,1-4,10-13,15-16H2/t23-/m0/s1. The topological polar surface area (TPSA) is 77.0 Å². The second kappa shape index (κ2) is 16.0. The molecule has 2 N–H and O–H groups in total. The third kappa shape index (κ3) is 10.4. The number of carbonyl (C=O) groups excluding carboxylic acids is 1. The van der Waals surface area contributed by atoms with Gasteiger partial charge in [0.1, 0.15) is 0 Å². The maximum atomic E-state index is 13.7. The number of nitrogens with one attached hydrogen (secondary N) is 1. The Bertz CT molecular complexity index is 835. The minimum Gasteiger partial charge on any atom is -0.426 e. The van der Waals surface area contributed by atoms with Crippen LogP contribution < -0.4 is 10.1 Å². The van der Waals surface area contributed by atoms with Gasteiger partial charge in [0.15, 0.2) is 11.6 Å². The molecular weight excluding hydrogens is 472 g/mol. The van der Waals surface area contributed by atoms with Gasteiger partial charge in [0.2, 0.25) is 0 Å². The van der Waals surface area contributed by atoms with Crippen molar-refractivity contribution in [1.82, 2.24) is 5.32 Å². The van der Waals surface area contributed by atoms with E-state index in [4.69, 9.17) is 32.7 Å². The third-order valence-corrected chi connectivity index (χ3v) is 5.63. The molecular formula is C24H30Cl2FNO5. The van der Waals surface area contributed by atoms with Crippen molar-refractivity contribution >= 4 is 29.7 Å². The monoisotopic (exact) mass is 501 g/mol. The lowest BCUT2D eigenvalue weighted by molar-refractivity contribution is -0.120. The Morgan fingerprint density at radius 3 is 2.45 bits per heavy atom. The van der Waals surface area contributed by atoms with Crippen molar-refractivity contribution in [3.63, 3.8) is 0 Å². The summed E-state index contributed by atoms with van der Waals surface area (Å²) in [4.78, 5) is 10.3. The fraction of sp³-hybridized carbons (Fsp3) is 0.458. The Labute approximate surface area is 203 Å². The zero-order valence-electron chi connectivity index (χ0n) is 18.4. The molecule has 0 aliphatic rings. The number of hydrogen-bond donors (Lipinski definition) is 2. The highest BCUT2D eigenvalue weighted by Gasteiger charge is 2.11. The van der Waals surface area contributed by atoms with Gasteiger partial charge in [0.25, 0.3) is 6.47 Å². The van der Waals surface area contributed by atoms with E-state index in [0.29, 0.717) is 48.6 Å². The van der Waals surface area contributed by atoms with Gasteiger partial charge in [0.05, 0.1) is 25.9 Å². The highest BCUT2D eigenvalue weighted by Crippen LogP contribution is 2.25. The van der Waals surface area contributed by atoms with E-state index in [9.17, 15) is 14.3 Å². The zero-order chi connectivity index (χ0) is 23.9. The molecule has 0 saturated heterocycles. The highest BCUT2D eigenvalue weighted by molar-refractivity contribution is 6.35. The smallest absolute Gasteiger partial charge is 0.298 e. The van der Waals surface area contributed by atoms with Crippen LogP contribution in [-0.4, -0.2) is 44.5 Å². The summed E-state index contributed by atoms with van der Waals surface area (Å²) in [6.45, 7) is 3.27. The lowest BCUT2D eigenvalue weighted by Gasteiger charge is -2.13. The molecule has 2 aromatic carbocycles. The van der Waals surface area contributed by atoms with Gasteiger partial charge in [0, 0.05) is 28.8 Å². The van der Waals surface area contributed by atoms with Gasteiger partial charge >= 0.3 is 0 Å². The van der Waals surface area contributed by atoms with Crippen LogP contribution in [0.25, 0.3) is 0 Å². The van der Waals surface area contributed by atoms with Crippen LogP contribution in [0.15, 0.2) is 36.4 Å². The van der Waals surface area contributed by atoms with E-state index in [1.807, 2.05) is 0 Å². The van der Waals surface area contributed by atoms with Crippen molar-refractivity contribution in [2.75, 3.05) is 32.9 Å². The molecule has 182 valence electrons. The second-order valence-corrected chi connectivity index (χ2v) is 8.22. The maximum Gasteiger partial charge on any atom is 0.298 e. The van der Waals surface area contributed by atoms with Crippen LogP contribution in [0.1, 0.15) is 42.9 Å². The Kier molecular flexibility index (Phi) is 13.3. The first kappa shape index (κ1) is 27.5. The maximum absolute atomic E-state index is 13.7. The number of halogens is 3. The average Bonchev–Trinajstić information content (AvgIpc) is 2.79. The highest BCUT2D eigenvalue weighted by atomic mass is 35.5. The number of ether oxygens (including phenoxy) is 3. The Hall–Kier alpha value is -1.74. The van der Waals surface area contributed by atoms with E-state index in [0.717, 1.165) is 37.8 Å². The summed E-state index contributed by atoms with van der Waals surface area (Å²) in [5, 5.41) is 14.5. The number of hydrogen-bond acceptors (Lipinski definition) is 6. The normalized spacial score (nSPS) is 12.0. The van der Waals surface area contributed by atoms with Crippen LogP contribution in [0.3, 0.4) is 0 Å². The minimum atomic E-state index is -0.839. The van der Waals surface area contributed by atoms with Gasteiger partial charge in [-0.3, -0.25) is 4.79 Å². The summed E-state index contributed by atoms with van der Waals surface area (Å²) >= 11 is 12.2. The molecule has 0 amide bonds. The number of rotatable bonds is 17. The summed E-state index contributed by atoms with van der Waals surface area (Å²) in [6.07, 6.45) is 3.18. The SMILES string of the molecule is O=COc1ccc([C@@H](O)CNCCCCCCOCCOCc2c(Cl)cccc2Cl)cc1F. The Morgan fingerprint density at radius 1 is 1.00 bits per heavy atom. The molecule has 0 spiro atoms. The molecule has 1 atom stereocenters. The van der Waals surface area contributed by atoms with E-state index in [1.165, 1.54) is 18.2 Å². The predicted molar refractivity (Wildman–Crippen MR) is 126 cm³/mol. The first-order valence-corrected chi connectivity index (χ1v) is 11.7. The molecule has 2 rings (SSSR count). The van der Waals surface area contributed by atoms with Gasteiger partial charge in [-0.2, -0.15) is 0 Å². The van der Waals surface area contributed by atoms with Crippen LogP contribution in [-0.2, 0) is 20.9 Å². The van der Waals surface area contributed by atoms with Crippen LogP contribution in [0, 0.1) is 5.82 Å². The van der Waals surface area contributed by atoms with Gasteiger partial charge < -0.3 is 24.6 Å². The lowest BCUT2D eigenvalue weighted by atomic mass is 10.1. The predicted octanol–water partition coefficient (Wildman–Crippen LogP) is 5.08. The fourth-order valence-corrected chi connectivity index (χ4v) is 3.61. The van der Waals surface area contributed by atoms with Crippen molar-refractivity contribution in [2.45, 2.75) is 38.4 Å². The van der Waals surface area contributed by atoms with Crippen molar-refractivity contribution in [2.24, 2.45) is 0 Å². The van der Waals surface area contributed by atoms with Gasteiger partial charge in [-0.05, 0) is 49.2 Å². The van der Waals surface area contributed by atoms with Crippen LogP contribution >= 0.6 is 23.2 Å². The number of aliphatic hydroxyl groups is 1. The van der Waals surface area contributed by atoms with Gasteiger partial charge in [-0.15, -0.1) is 0 Å². The first-order chi connectivity index (χ1) is 16.0. The molecule has 0 aromatic heterocycles. The van der Waals surface area contributed by atoms with Gasteiger partial charge in [-0.25, -0.2) is 4.39 Å². The Balaban J connectivity index is 1.42. The third-order valence-electron chi connectivity index (χ3n) is 4.93. The molecule has 33 heavy (non-hydrogen) atoms. The summed E-state index contributed by atoms with van der Waals surface area (Å²) in [5.74, 6) is -0.843. The summed E-state index contributed by atoms with van der Waals surface area (Å²) in [6, 6.07) is 9.40. The van der Waals surface area contributed by atoms with E-state index >= 15 is 0 Å². The quantitative estimate of drug-likeness (QED) is 0.232. The second-order valence-electron chi connectivity index (χ2n) is 7.40. The first-order valence-electron chi connectivity index (χ1n) is 10.9. The molecule has 0 aliphatic carbocycles. The van der Waals surface area contributed by atoms with Crippen molar-refractivity contribution in [1.29, 1.82) is 0 Å². The average molecular weight is 502 g/mol. The van der Waals surface area contributed by atoms with E-state index in [-0.39, 0.29) is 12.2 Å². The molecule has 2 aromatic rings. The van der Waals surface area contributed by atoms with E-state index in [1.54, 1.807) is 18.2 Å². The van der Waals surface area contributed by atoms with Crippen LogP contribution in [0.5, 0.6) is 5.75 Å². The van der Waals surface area contributed by atoms with Crippen molar-refractivity contribution in [3.05, 3.63) is 63.4 Å². The molecule has 0 saturated carbocycles.